The van der Waals surface area contributed by atoms with Crippen LogP contribution in [0.2, 0.25) is 0 Å². The number of nitrogens with zero attached hydrogens (tertiary/aromatic N) is 1. The standard InChI is InChI=1S/C12H20N2O3/c15-11-4-3-9-8-14(6-1-2-12(16)17)7-5-10(9)13-11/h9-10H,1-8H2,(H,13,15)(H,16,17). The maximum absolute atomic E-state index is 11.3. The molecule has 0 aromatic heterocycles. The third kappa shape index (κ3) is 3.43. The first kappa shape index (κ1) is 12.4. The van der Waals surface area contributed by atoms with Crippen LogP contribution < -0.4 is 5.32 Å². The number of nitrogens with one attached hydrogen (secondary N) is 1. The molecule has 0 bridgehead atoms. The van der Waals surface area contributed by atoms with Crippen LogP contribution in [0.15, 0.2) is 0 Å². The molecule has 2 heterocycles. The molecule has 2 unspecified atom stereocenters. The summed E-state index contributed by atoms with van der Waals surface area (Å²) in [5.41, 5.74) is 0. The van der Waals surface area contributed by atoms with Gasteiger partial charge < -0.3 is 15.3 Å². The SMILES string of the molecule is O=C(O)CCCN1CCC2NC(=O)CCC2C1. The first-order valence-electron chi connectivity index (χ1n) is 6.38. The van der Waals surface area contributed by atoms with Crippen LogP contribution in [0.4, 0.5) is 0 Å². The second-order valence-corrected chi connectivity index (χ2v) is 5.06. The van der Waals surface area contributed by atoms with Crippen LogP contribution in [0.3, 0.4) is 0 Å². The van der Waals surface area contributed by atoms with E-state index in [0.717, 1.165) is 38.9 Å². The number of amides is 1. The van der Waals surface area contributed by atoms with E-state index >= 15 is 0 Å². The van der Waals surface area contributed by atoms with E-state index < -0.39 is 5.97 Å². The van der Waals surface area contributed by atoms with E-state index in [1.165, 1.54) is 0 Å². The Bertz CT molecular complexity index is 306. The van der Waals surface area contributed by atoms with Gasteiger partial charge >= 0.3 is 5.97 Å². The van der Waals surface area contributed by atoms with Crippen molar-refractivity contribution in [2.45, 2.75) is 38.1 Å². The van der Waals surface area contributed by atoms with E-state index in [0.29, 0.717) is 18.4 Å². The minimum Gasteiger partial charge on any atom is -0.481 e. The zero-order valence-electron chi connectivity index (χ0n) is 10.0. The van der Waals surface area contributed by atoms with Gasteiger partial charge in [-0.15, -0.1) is 0 Å². The highest BCUT2D eigenvalue weighted by molar-refractivity contribution is 5.77. The minimum atomic E-state index is -0.718. The number of piperidine rings is 2. The third-order valence-electron chi connectivity index (χ3n) is 3.77. The van der Waals surface area contributed by atoms with Crippen molar-refractivity contribution < 1.29 is 14.7 Å². The number of aliphatic carboxylic acids is 1. The van der Waals surface area contributed by atoms with E-state index in [1.807, 2.05) is 0 Å². The fraction of sp³-hybridized carbons (Fsp3) is 0.833. The lowest BCUT2D eigenvalue weighted by atomic mass is 9.85. The van der Waals surface area contributed by atoms with Crippen molar-refractivity contribution in [2.75, 3.05) is 19.6 Å². The van der Waals surface area contributed by atoms with Crippen molar-refractivity contribution >= 4 is 11.9 Å². The summed E-state index contributed by atoms with van der Waals surface area (Å²) in [6, 6.07) is 0.354. The highest BCUT2D eigenvalue weighted by atomic mass is 16.4. The molecule has 2 aliphatic rings. The predicted octanol–water partition coefficient (Wildman–Crippen LogP) is 0.452. The van der Waals surface area contributed by atoms with Gasteiger partial charge in [0.1, 0.15) is 0 Å². The van der Waals surface area contributed by atoms with E-state index in [4.69, 9.17) is 5.11 Å². The van der Waals surface area contributed by atoms with Crippen LogP contribution in [0.25, 0.3) is 0 Å². The van der Waals surface area contributed by atoms with Crippen molar-refractivity contribution in [2.24, 2.45) is 5.92 Å². The van der Waals surface area contributed by atoms with Gasteiger partial charge in [-0.05, 0) is 31.7 Å². The Morgan fingerprint density at radius 2 is 2.29 bits per heavy atom. The fourth-order valence-corrected chi connectivity index (χ4v) is 2.84. The number of carboxylic acids is 1. The Labute approximate surface area is 101 Å². The van der Waals surface area contributed by atoms with E-state index in [-0.39, 0.29) is 12.3 Å². The van der Waals surface area contributed by atoms with Crippen molar-refractivity contribution in [3.05, 3.63) is 0 Å². The van der Waals surface area contributed by atoms with Crippen molar-refractivity contribution in [1.82, 2.24) is 10.2 Å². The smallest absolute Gasteiger partial charge is 0.303 e. The van der Waals surface area contributed by atoms with Gasteiger partial charge in [0.2, 0.25) is 5.91 Å². The lowest BCUT2D eigenvalue weighted by molar-refractivity contribution is -0.137. The highest BCUT2D eigenvalue weighted by Gasteiger charge is 2.33. The predicted molar refractivity (Wildman–Crippen MR) is 62.6 cm³/mol. The van der Waals surface area contributed by atoms with E-state index in [2.05, 4.69) is 10.2 Å². The van der Waals surface area contributed by atoms with Crippen LogP contribution in [-0.2, 0) is 9.59 Å². The Morgan fingerprint density at radius 1 is 1.47 bits per heavy atom. The summed E-state index contributed by atoms with van der Waals surface area (Å²) in [4.78, 5) is 24.0. The van der Waals surface area contributed by atoms with Crippen LogP contribution in [0, 0.1) is 5.92 Å². The molecule has 0 spiro atoms. The summed E-state index contributed by atoms with van der Waals surface area (Å²) >= 11 is 0. The summed E-state index contributed by atoms with van der Waals surface area (Å²) in [7, 11) is 0. The number of carboxylic acid groups (broad SMARTS) is 1. The summed E-state index contributed by atoms with van der Waals surface area (Å²) in [6.07, 6.45) is 3.60. The van der Waals surface area contributed by atoms with Crippen LogP contribution >= 0.6 is 0 Å². The minimum absolute atomic E-state index is 0.186. The number of hydrogen-bond acceptors (Lipinski definition) is 3. The largest absolute Gasteiger partial charge is 0.481 e. The van der Waals surface area contributed by atoms with Gasteiger partial charge in [-0.2, -0.15) is 0 Å². The second kappa shape index (κ2) is 5.49. The molecule has 1 amide bonds. The number of likely N-dealkylation sites (tertiary alicyclic amines) is 1. The topological polar surface area (TPSA) is 69.6 Å². The molecular weight excluding hydrogens is 220 g/mol. The molecule has 2 saturated heterocycles. The molecule has 5 heteroatoms. The zero-order chi connectivity index (χ0) is 12.3. The monoisotopic (exact) mass is 240 g/mol. The summed E-state index contributed by atoms with van der Waals surface area (Å²) in [5, 5.41) is 11.6. The Balaban J connectivity index is 1.74. The molecule has 0 aromatic carbocycles. The molecule has 0 aliphatic carbocycles. The van der Waals surface area contributed by atoms with Crippen LogP contribution in [-0.4, -0.2) is 47.6 Å². The van der Waals surface area contributed by atoms with E-state index in [9.17, 15) is 9.59 Å². The summed E-state index contributed by atoms with van der Waals surface area (Å²) < 4.78 is 0. The maximum Gasteiger partial charge on any atom is 0.303 e. The quantitative estimate of drug-likeness (QED) is 0.748. The molecule has 5 nitrogen and oxygen atoms in total. The lowest BCUT2D eigenvalue weighted by Gasteiger charge is -2.41. The fourth-order valence-electron chi connectivity index (χ4n) is 2.84. The van der Waals surface area contributed by atoms with Gasteiger partial charge in [0.15, 0.2) is 0 Å². The van der Waals surface area contributed by atoms with Crippen molar-refractivity contribution in [3.8, 4) is 0 Å². The third-order valence-corrected chi connectivity index (χ3v) is 3.77. The Kier molecular flexibility index (Phi) is 3.99. The molecule has 17 heavy (non-hydrogen) atoms. The number of hydrogen-bond donors (Lipinski definition) is 2. The molecule has 0 aromatic rings. The van der Waals surface area contributed by atoms with Crippen LogP contribution in [0.1, 0.15) is 32.1 Å². The van der Waals surface area contributed by atoms with Gasteiger partial charge in [0.05, 0.1) is 0 Å². The highest BCUT2D eigenvalue weighted by Crippen LogP contribution is 2.25. The van der Waals surface area contributed by atoms with Gasteiger partial charge in [-0.3, -0.25) is 9.59 Å². The molecule has 0 radical (unpaired) electrons. The first-order valence-corrected chi connectivity index (χ1v) is 6.38. The molecular formula is C12H20N2O3. The molecule has 2 atom stereocenters. The zero-order valence-corrected chi connectivity index (χ0v) is 10.0. The second-order valence-electron chi connectivity index (χ2n) is 5.06. The number of carbonyl (C=O) groups is 2. The van der Waals surface area contributed by atoms with Crippen molar-refractivity contribution in [3.63, 3.8) is 0 Å². The number of rotatable bonds is 4. The number of carbonyl (C=O) groups excluding carboxylic acids is 1. The van der Waals surface area contributed by atoms with E-state index in [1.54, 1.807) is 0 Å². The van der Waals surface area contributed by atoms with Gasteiger partial charge in [0, 0.05) is 32.0 Å². The summed E-state index contributed by atoms with van der Waals surface area (Å²) in [5.74, 6) is 0.0293. The molecule has 0 saturated carbocycles. The van der Waals surface area contributed by atoms with Gasteiger partial charge in [0.25, 0.3) is 0 Å². The average Bonchev–Trinajstić information content (AvgIpc) is 2.29. The molecule has 2 rings (SSSR count). The Morgan fingerprint density at radius 3 is 3.06 bits per heavy atom. The van der Waals surface area contributed by atoms with Crippen LogP contribution in [0.5, 0.6) is 0 Å². The molecule has 96 valence electrons. The lowest BCUT2D eigenvalue weighted by Crippen LogP contribution is -2.54. The average molecular weight is 240 g/mol. The molecule has 2 N–H and O–H groups in total. The molecule has 2 aliphatic heterocycles. The maximum atomic E-state index is 11.3. The van der Waals surface area contributed by atoms with Crippen molar-refractivity contribution in [1.29, 1.82) is 0 Å². The van der Waals surface area contributed by atoms with Gasteiger partial charge in [-0.1, -0.05) is 0 Å². The molecule has 2 fully saturated rings. The number of fused-ring (bicyclic) bond motifs is 1. The van der Waals surface area contributed by atoms with Gasteiger partial charge in [-0.25, -0.2) is 0 Å². The summed E-state index contributed by atoms with van der Waals surface area (Å²) in [6.45, 7) is 2.84. The Hall–Kier alpha value is -1.10. The first-order chi connectivity index (χ1) is 8.15. The normalized spacial score (nSPS) is 29.5.